The Kier molecular flexibility index (Phi) is 1.99. The molecule has 0 saturated carbocycles. The minimum Gasteiger partial charge on any atom is -0.421 e. The maximum absolute atomic E-state index is 11.0. The van der Waals surface area contributed by atoms with Crippen molar-refractivity contribution in [2.24, 2.45) is 0 Å². The molecular weight excluding hydrogens is 281 g/mol. The average Bonchev–Trinajstić information content (AvgIpc) is 2.08. The fraction of sp³-hybridized carbons (Fsp3) is 0. The van der Waals surface area contributed by atoms with Gasteiger partial charge in [0.25, 0.3) is 0 Å². The fourth-order valence-electron chi connectivity index (χ4n) is 1.11. The summed E-state index contributed by atoms with van der Waals surface area (Å²) in [5.74, 6) is 0. The van der Waals surface area contributed by atoms with E-state index in [4.69, 9.17) is 10.2 Å². The first-order chi connectivity index (χ1) is 6.16. The molecule has 0 bridgehead atoms. The van der Waals surface area contributed by atoms with Crippen LogP contribution in [0.5, 0.6) is 0 Å². The lowest BCUT2D eigenvalue weighted by Gasteiger charge is -1.97. The van der Waals surface area contributed by atoms with E-state index in [2.05, 4.69) is 22.6 Å². The molecule has 0 aliphatic heterocycles. The molecule has 0 aliphatic rings. The van der Waals surface area contributed by atoms with E-state index in [0.29, 0.717) is 5.58 Å². The van der Waals surface area contributed by atoms with Gasteiger partial charge >= 0.3 is 5.63 Å². The predicted octanol–water partition coefficient (Wildman–Crippen LogP) is 1.98. The Morgan fingerprint density at radius 1 is 1.31 bits per heavy atom. The molecule has 2 N–H and O–H groups in total. The second-order valence-corrected chi connectivity index (χ2v) is 3.92. The summed E-state index contributed by atoms with van der Waals surface area (Å²) in [5, 5.41) is 0.851. The van der Waals surface area contributed by atoms with Crippen LogP contribution in [0.4, 0.5) is 5.69 Å². The smallest absolute Gasteiger partial charge is 0.359 e. The number of halogens is 1. The minimum absolute atomic E-state index is 0.148. The lowest BCUT2D eigenvalue weighted by atomic mass is 10.2. The van der Waals surface area contributed by atoms with Crippen molar-refractivity contribution in [2.45, 2.75) is 0 Å². The summed E-state index contributed by atoms with van der Waals surface area (Å²) >= 11 is 2.19. The van der Waals surface area contributed by atoms with E-state index in [1.54, 1.807) is 12.1 Å². The number of anilines is 1. The van der Waals surface area contributed by atoms with E-state index < -0.39 is 5.63 Å². The highest BCUT2D eigenvalue weighted by Crippen LogP contribution is 2.17. The van der Waals surface area contributed by atoms with Crippen LogP contribution < -0.4 is 11.4 Å². The van der Waals surface area contributed by atoms with E-state index in [1.165, 1.54) is 0 Å². The third kappa shape index (κ3) is 1.53. The second kappa shape index (κ2) is 3.02. The molecule has 0 radical (unpaired) electrons. The summed E-state index contributed by atoms with van der Waals surface area (Å²) in [6, 6.07) is 7.18. The number of fused-ring (bicyclic) bond motifs is 1. The summed E-state index contributed by atoms with van der Waals surface area (Å²) in [4.78, 5) is 11.0. The van der Waals surface area contributed by atoms with Crippen LogP contribution in [0.2, 0.25) is 0 Å². The molecule has 2 aromatic rings. The van der Waals surface area contributed by atoms with Gasteiger partial charge in [-0.3, -0.25) is 0 Å². The second-order valence-electron chi connectivity index (χ2n) is 2.67. The maximum atomic E-state index is 11.0. The Labute approximate surface area is 87.7 Å². The molecule has 1 aromatic carbocycles. The van der Waals surface area contributed by atoms with Gasteiger partial charge in [-0.15, -0.1) is 0 Å². The topological polar surface area (TPSA) is 56.2 Å². The number of rotatable bonds is 0. The molecule has 1 aromatic heterocycles. The molecule has 0 atom stereocenters. The molecule has 0 fully saturated rings. The van der Waals surface area contributed by atoms with Gasteiger partial charge in [-0.1, -0.05) is 0 Å². The van der Waals surface area contributed by atoms with Gasteiger partial charge in [0.2, 0.25) is 0 Å². The standard InChI is InChI=1S/C9H6INO2/c10-6-1-2-8-5(3-6)4-7(11)9(12)13-8/h1-4H,11H2. The first-order valence-electron chi connectivity index (χ1n) is 3.66. The zero-order valence-electron chi connectivity index (χ0n) is 6.58. The molecule has 0 aliphatic carbocycles. The van der Waals surface area contributed by atoms with Gasteiger partial charge in [0.1, 0.15) is 11.3 Å². The number of hydrogen-bond donors (Lipinski definition) is 1. The van der Waals surface area contributed by atoms with Crippen molar-refractivity contribution in [3.05, 3.63) is 38.3 Å². The van der Waals surface area contributed by atoms with Crippen molar-refractivity contribution in [1.82, 2.24) is 0 Å². The number of nitrogens with two attached hydrogens (primary N) is 1. The van der Waals surface area contributed by atoms with Gasteiger partial charge in [0, 0.05) is 8.96 Å². The van der Waals surface area contributed by atoms with Crippen molar-refractivity contribution >= 4 is 39.2 Å². The van der Waals surface area contributed by atoms with Crippen LogP contribution in [0, 0.1) is 3.57 Å². The van der Waals surface area contributed by atoms with E-state index in [0.717, 1.165) is 8.96 Å². The Morgan fingerprint density at radius 2 is 2.08 bits per heavy atom. The van der Waals surface area contributed by atoms with Crippen molar-refractivity contribution in [3.8, 4) is 0 Å². The van der Waals surface area contributed by atoms with Crippen LogP contribution in [0.25, 0.3) is 11.0 Å². The van der Waals surface area contributed by atoms with Crippen molar-refractivity contribution in [2.75, 3.05) is 5.73 Å². The first kappa shape index (κ1) is 8.55. The van der Waals surface area contributed by atoms with Gasteiger partial charge in [-0.25, -0.2) is 4.79 Å². The largest absolute Gasteiger partial charge is 0.421 e. The average molecular weight is 287 g/mol. The molecule has 13 heavy (non-hydrogen) atoms. The van der Waals surface area contributed by atoms with Crippen molar-refractivity contribution < 1.29 is 4.42 Å². The molecule has 2 rings (SSSR count). The first-order valence-corrected chi connectivity index (χ1v) is 4.73. The molecule has 4 heteroatoms. The fourth-order valence-corrected chi connectivity index (χ4v) is 1.63. The summed E-state index contributed by atoms with van der Waals surface area (Å²) < 4.78 is 6.05. The monoisotopic (exact) mass is 287 g/mol. The zero-order chi connectivity index (χ0) is 9.42. The molecule has 0 amide bonds. The Morgan fingerprint density at radius 3 is 2.85 bits per heavy atom. The van der Waals surface area contributed by atoms with Crippen LogP contribution in [0.15, 0.2) is 33.5 Å². The lowest BCUT2D eigenvalue weighted by Crippen LogP contribution is -2.05. The predicted molar refractivity (Wildman–Crippen MR) is 59.6 cm³/mol. The Balaban J connectivity index is 2.89. The van der Waals surface area contributed by atoms with Gasteiger partial charge in [-0.05, 0) is 46.9 Å². The zero-order valence-corrected chi connectivity index (χ0v) is 8.74. The highest BCUT2D eigenvalue weighted by atomic mass is 127. The van der Waals surface area contributed by atoms with Gasteiger partial charge in [0.15, 0.2) is 0 Å². The van der Waals surface area contributed by atoms with E-state index in [-0.39, 0.29) is 5.69 Å². The lowest BCUT2D eigenvalue weighted by molar-refractivity contribution is 0.564. The molecule has 0 saturated heterocycles. The molecule has 66 valence electrons. The summed E-state index contributed by atoms with van der Waals surface area (Å²) in [5.41, 5.74) is 5.67. The van der Waals surface area contributed by atoms with Gasteiger partial charge < -0.3 is 10.2 Å². The Bertz CT molecular complexity index is 518. The molecule has 1 heterocycles. The van der Waals surface area contributed by atoms with E-state index in [9.17, 15) is 4.79 Å². The molecule has 0 unspecified atom stereocenters. The third-order valence-electron chi connectivity index (χ3n) is 1.72. The molecule has 0 spiro atoms. The van der Waals surface area contributed by atoms with Crippen LogP contribution >= 0.6 is 22.6 Å². The van der Waals surface area contributed by atoms with E-state index >= 15 is 0 Å². The highest BCUT2D eigenvalue weighted by molar-refractivity contribution is 14.1. The van der Waals surface area contributed by atoms with Crippen LogP contribution in [-0.2, 0) is 0 Å². The molecular formula is C9H6INO2. The maximum Gasteiger partial charge on any atom is 0.359 e. The van der Waals surface area contributed by atoms with Crippen LogP contribution in [0.1, 0.15) is 0 Å². The quantitative estimate of drug-likeness (QED) is 0.595. The SMILES string of the molecule is Nc1cc2cc(I)ccc2oc1=O. The number of benzene rings is 1. The van der Waals surface area contributed by atoms with Crippen molar-refractivity contribution in [1.29, 1.82) is 0 Å². The van der Waals surface area contributed by atoms with Crippen LogP contribution in [0.3, 0.4) is 0 Å². The summed E-state index contributed by atoms with van der Waals surface area (Å²) in [6.45, 7) is 0. The van der Waals surface area contributed by atoms with Crippen molar-refractivity contribution in [3.63, 3.8) is 0 Å². The highest BCUT2D eigenvalue weighted by Gasteiger charge is 2.01. The van der Waals surface area contributed by atoms with Gasteiger partial charge in [-0.2, -0.15) is 0 Å². The number of hydrogen-bond acceptors (Lipinski definition) is 3. The third-order valence-corrected chi connectivity index (χ3v) is 2.39. The molecule has 3 nitrogen and oxygen atoms in total. The summed E-state index contributed by atoms with van der Waals surface area (Å²) in [7, 11) is 0. The summed E-state index contributed by atoms with van der Waals surface area (Å²) in [6.07, 6.45) is 0. The normalized spacial score (nSPS) is 10.5. The van der Waals surface area contributed by atoms with E-state index in [1.807, 2.05) is 12.1 Å². The Hall–Kier alpha value is -1.04. The van der Waals surface area contributed by atoms with Crippen LogP contribution in [-0.4, -0.2) is 0 Å². The van der Waals surface area contributed by atoms with Gasteiger partial charge in [0.05, 0.1) is 0 Å². The minimum atomic E-state index is -0.478. The number of nitrogen functional groups attached to an aromatic ring is 1.